The fourth-order valence-corrected chi connectivity index (χ4v) is 6.24. The normalized spacial score (nSPS) is 29.4. The Morgan fingerprint density at radius 1 is 1.24 bits per heavy atom. The van der Waals surface area contributed by atoms with Crippen LogP contribution in [-0.4, -0.2) is 58.1 Å². The Bertz CT molecular complexity index is 1240. The molecule has 1 fully saturated rings. The summed E-state index contributed by atoms with van der Waals surface area (Å²) >= 11 is 0. The van der Waals surface area contributed by atoms with Crippen LogP contribution in [-0.2, 0) is 31.6 Å². The number of ether oxygens (including phenoxy) is 1. The van der Waals surface area contributed by atoms with Crippen LogP contribution in [0.25, 0.3) is 5.52 Å². The van der Waals surface area contributed by atoms with E-state index in [1.807, 2.05) is 6.07 Å². The van der Waals surface area contributed by atoms with Gasteiger partial charge in [-0.2, -0.15) is 19.0 Å². The van der Waals surface area contributed by atoms with E-state index >= 15 is 0 Å². The van der Waals surface area contributed by atoms with Crippen LogP contribution in [0, 0.1) is 16.7 Å². The second kappa shape index (κ2) is 8.79. The van der Waals surface area contributed by atoms with Gasteiger partial charge in [0.25, 0.3) is 0 Å². The molecule has 0 bridgehead atoms. The van der Waals surface area contributed by atoms with Crippen LogP contribution < -0.4 is 5.73 Å². The van der Waals surface area contributed by atoms with Gasteiger partial charge < -0.3 is 35.2 Å². The zero-order valence-corrected chi connectivity index (χ0v) is 19.2. The molecule has 182 valence electrons. The highest BCUT2D eigenvalue weighted by Gasteiger charge is 2.56. The lowest BCUT2D eigenvalue weighted by molar-refractivity contribution is -0.0236. The van der Waals surface area contributed by atoms with Crippen LogP contribution in [0.4, 0.5) is 5.82 Å². The van der Waals surface area contributed by atoms with E-state index in [0.717, 1.165) is 6.33 Å². The van der Waals surface area contributed by atoms with Crippen LogP contribution in [0.2, 0.25) is 0 Å². The molecule has 0 saturated carbocycles. The summed E-state index contributed by atoms with van der Waals surface area (Å²) < 4.78 is 52.8. The second-order valence-electron chi connectivity index (χ2n) is 6.98. The Balaban J connectivity index is 1.79. The van der Waals surface area contributed by atoms with Crippen LogP contribution in [0.5, 0.6) is 0 Å². The third-order valence-electron chi connectivity index (χ3n) is 4.66. The molecule has 1 saturated heterocycles. The zero-order valence-electron chi connectivity index (χ0n) is 16.5. The van der Waals surface area contributed by atoms with Gasteiger partial charge in [-0.05, 0) is 19.1 Å². The van der Waals surface area contributed by atoms with Gasteiger partial charge in [0.2, 0.25) is 0 Å². The van der Waals surface area contributed by atoms with Gasteiger partial charge in [0.1, 0.15) is 35.6 Å². The Labute approximate surface area is 184 Å². The molecule has 2 aromatic rings. The minimum Gasteiger partial charge on any atom is -0.389 e. The summed E-state index contributed by atoms with van der Waals surface area (Å²) in [6.07, 6.45) is -2.99. The first-order valence-corrected chi connectivity index (χ1v) is 13.2. The summed E-state index contributed by atoms with van der Waals surface area (Å²) in [7, 11) is -16.7. The summed E-state index contributed by atoms with van der Waals surface area (Å²) in [6, 6.07) is 5.01. The van der Waals surface area contributed by atoms with E-state index in [0.29, 0.717) is 11.2 Å². The number of rotatable bonds is 8. The maximum Gasteiger partial charge on any atom is 0.490 e. The number of nitrogens with zero attached hydrogens (tertiary/aromatic N) is 4. The third-order valence-corrected chi connectivity index (χ3v) is 8.46. The first-order valence-electron chi connectivity index (χ1n) is 8.70. The van der Waals surface area contributed by atoms with Gasteiger partial charge in [-0.3, -0.25) is 4.52 Å². The Hall–Kier alpha value is -1.76. The van der Waals surface area contributed by atoms with E-state index in [2.05, 4.69) is 23.2 Å². The van der Waals surface area contributed by atoms with Crippen molar-refractivity contribution in [2.45, 2.75) is 25.2 Å². The van der Waals surface area contributed by atoms with Crippen molar-refractivity contribution in [3.63, 3.8) is 0 Å². The summed E-state index contributed by atoms with van der Waals surface area (Å²) in [4.78, 5) is 39.7. The van der Waals surface area contributed by atoms with Crippen molar-refractivity contribution < 1.29 is 56.3 Å². The maximum absolute atomic E-state index is 11.9. The number of hydrogen-bond acceptors (Lipinski definition) is 12. The molecule has 7 N–H and O–H groups in total. The highest BCUT2D eigenvalue weighted by Crippen LogP contribution is 2.66. The predicted molar refractivity (Wildman–Crippen MR) is 105 cm³/mol. The molecule has 0 aliphatic carbocycles. The molecule has 1 aliphatic heterocycles. The summed E-state index contributed by atoms with van der Waals surface area (Å²) in [6.45, 7) is 0.427. The number of anilines is 1. The summed E-state index contributed by atoms with van der Waals surface area (Å²) in [5.74, 6) is 0.137. The molecule has 0 radical (unpaired) electrons. The van der Waals surface area contributed by atoms with Crippen molar-refractivity contribution in [1.29, 1.82) is 5.26 Å². The molecule has 0 aromatic carbocycles. The Kier molecular flexibility index (Phi) is 6.89. The zero-order chi connectivity index (χ0) is 24.8. The first-order chi connectivity index (χ1) is 15.1. The van der Waals surface area contributed by atoms with Gasteiger partial charge in [0.05, 0.1) is 18.4 Å². The molecule has 2 aromatic heterocycles. The van der Waals surface area contributed by atoms with Gasteiger partial charge >= 0.3 is 23.5 Å². The summed E-state index contributed by atoms with van der Waals surface area (Å²) in [5, 5.41) is 24.4. The number of aromatic nitrogens is 3. The van der Waals surface area contributed by atoms with Crippen molar-refractivity contribution in [2.75, 3.05) is 12.3 Å². The molecule has 1 aliphatic rings. The fraction of sp³-hybridized carbons (Fsp3) is 0.462. The lowest BCUT2D eigenvalue weighted by Gasteiger charge is -2.24. The largest absolute Gasteiger partial charge is 0.490 e. The molecule has 3 rings (SSSR count). The molecule has 0 spiro atoms. The molecule has 2 unspecified atom stereocenters. The van der Waals surface area contributed by atoms with Crippen LogP contribution in [0.3, 0.4) is 0 Å². The Morgan fingerprint density at radius 3 is 2.52 bits per heavy atom. The minimum atomic E-state index is -5.71. The van der Waals surface area contributed by atoms with E-state index in [9.17, 15) is 33.9 Å². The SMILES string of the molecule is C[C@@]1(C#N)[C@H](O)[C@@H](COP(=O)(O)OP(=O)(O)OP(=O)(O)O)O[C@H]1c1ccc2c(N)ncnn12. The lowest BCUT2D eigenvalue weighted by Crippen LogP contribution is -2.36. The van der Waals surface area contributed by atoms with Gasteiger partial charge in [-0.1, -0.05) is 0 Å². The molecule has 3 heterocycles. The highest BCUT2D eigenvalue weighted by atomic mass is 31.3. The molecule has 17 nitrogen and oxygen atoms in total. The van der Waals surface area contributed by atoms with E-state index in [1.54, 1.807) is 6.07 Å². The fourth-order valence-electron chi connectivity index (χ4n) is 3.21. The van der Waals surface area contributed by atoms with Gasteiger partial charge in [0.15, 0.2) is 5.82 Å². The maximum atomic E-state index is 11.9. The van der Waals surface area contributed by atoms with E-state index in [-0.39, 0.29) is 5.82 Å². The van der Waals surface area contributed by atoms with Gasteiger partial charge in [-0.25, -0.2) is 23.2 Å². The number of phosphoric ester groups is 1. The number of aliphatic hydroxyl groups is 1. The Morgan fingerprint density at radius 2 is 1.91 bits per heavy atom. The number of hydrogen-bond donors (Lipinski definition) is 6. The van der Waals surface area contributed by atoms with Crippen LogP contribution >= 0.6 is 23.5 Å². The minimum absolute atomic E-state index is 0.137. The average molecular weight is 529 g/mol. The molecule has 33 heavy (non-hydrogen) atoms. The van der Waals surface area contributed by atoms with E-state index < -0.39 is 53.8 Å². The van der Waals surface area contributed by atoms with Crippen molar-refractivity contribution in [3.8, 4) is 6.07 Å². The number of aliphatic hydroxyl groups excluding tert-OH is 1. The van der Waals surface area contributed by atoms with Crippen molar-refractivity contribution in [2.24, 2.45) is 5.41 Å². The highest BCUT2D eigenvalue weighted by molar-refractivity contribution is 7.66. The van der Waals surface area contributed by atoms with Gasteiger partial charge in [0, 0.05) is 0 Å². The van der Waals surface area contributed by atoms with E-state index in [4.69, 9.17) is 20.3 Å². The number of fused-ring (bicyclic) bond motifs is 1. The topological polar surface area (TPSA) is 269 Å². The molecule has 0 amide bonds. The standard InChI is InChI=1S/C13H18N5O12P3/c1-13(5-14)10(19)9(4-27-32(23,24)30-33(25,26)29-31(20,21)22)28-11(13)7-2-3-8-12(15)16-6-17-18(7)8/h2-3,6,9-11,19H,4H2,1H3,(H,23,24)(H,25,26)(H2,15,16,17)(H2,20,21,22)/t9-,10-,11+,13-/m1/s1. The average Bonchev–Trinajstić information content (AvgIpc) is 3.18. The molecule has 20 heteroatoms. The predicted octanol–water partition coefficient (Wildman–Crippen LogP) is -0.0145. The monoisotopic (exact) mass is 529 g/mol. The smallest absolute Gasteiger partial charge is 0.389 e. The van der Waals surface area contributed by atoms with Crippen molar-refractivity contribution >= 4 is 34.8 Å². The molecule has 6 atom stereocenters. The number of phosphoric acid groups is 3. The van der Waals surface area contributed by atoms with Crippen molar-refractivity contribution in [1.82, 2.24) is 14.6 Å². The molecular formula is C13H18N5O12P3. The second-order valence-corrected chi connectivity index (χ2v) is 11.4. The quantitative estimate of drug-likeness (QED) is 0.245. The van der Waals surface area contributed by atoms with Gasteiger partial charge in [-0.15, -0.1) is 0 Å². The third kappa shape index (κ3) is 5.50. The number of nitrogens with two attached hydrogens (primary N) is 1. The van der Waals surface area contributed by atoms with Crippen LogP contribution in [0.15, 0.2) is 18.5 Å². The summed E-state index contributed by atoms with van der Waals surface area (Å²) in [5.41, 5.74) is 4.86. The number of nitrogen functional groups attached to an aromatic ring is 1. The molecular weight excluding hydrogens is 511 g/mol. The van der Waals surface area contributed by atoms with Crippen LogP contribution in [0.1, 0.15) is 18.7 Å². The number of nitriles is 1. The lowest BCUT2D eigenvalue weighted by atomic mass is 9.79. The first kappa shape index (κ1) is 25.9. The van der Waals surface area contributed by atoms with Crippen molar-refractivity contribution in [3.05, 3.63) is 24.2 Å². The van der Waals surface area contributed by atoms with E-state index in [1.165, 1.54) is 17.5 Å².